The lowest BCUT2D eigenvalue weighted by Gasteiger charge is -2.12. The molecule has 0 aliphatic carbocycles. The Hall–Kier alpha value is -1.57. The minimum atomic E-state index is 0. The summed E-state index contributed by atoms with van der Waals surface area (Å²) < 4.78 is 4.78. The Balaban J connectivity index is 0.00000200. The van der Waals surface area contributed by atoms with Crippen molar-refractivity contribution in [2.24, 2.45) is 4.99 Å². The van der Waals surface area contributed by atoms with E-state index in [4.69, 9.17) is 4.52 Å². The van der Waals surface area contributed by atoms with E-state index in [2.05, 4.69) is 39.8 Å². The van der Waals surface area contributed by atoms with Crippen LogP contribution in [0.25, 0.3) is 0 Å². The van der Waals surface area contributed by atoms with E-state index in [1.165, 1.54) is 11.1 Å². The summed E-state index contributed by atoms with van der Waals surface area (Å²) in [4.78, 5) is 4.17. The summed E-state index contributed by atoms with van der Waals surface area (Å²) in [5, 5.41) is 10.3. The van der Waals surface area contributed by atoms with Gasteiger partial charge in [0.15, 0.2) is 5.96 Å². The molecule has 0 spiro atoms. The average Bonchev–Trinajstić information content (AvgIpc) is 2.94. The minimum absolute atomic E-state index is 0. The van der Waals surface area contributed by atoms with Gasteiger partial charge in [0, 0.05) is 19.7 Å². The smallest absolute Gasteiger partial charge is 0.191 e. The van der Waals surface area contributed by atoms with E-state index in [9.17, 15) is 0 Å². The molecule has 1 aromatic carbocycles. The fraction of sp³-hybridized carbons (Fsp3) is 0.286. The van der Waals surface area contributed by atoms with Gasteiger partial charge >= 0.3 is 0 Å². The number of benzene rings is 1. The number of hydrogen-bond acceptors (Lipinski definition) is 3. The van der Waals surface area contributed by atoms with Crippen molar-refractivity contribution in [3.8, 4) is 0 Å². The van der Waals surface area contributed by atoms with E-state index in [-0.39, 0.29) is 24.0 Å². The van der Waals surface area contributed by atoms with Gasteiger partial charge in [0.25, 0.3) is 0 Å². The van der Waals surface area contributed by atoms with Crippen molar-refractivity contribution >= 4 is 29.9 Å². The number of aryl methyl sites for hydroxylation is 1. The largest absolute Gasteiger partial charge is 0.364 e. The number of nitrogens with one attached hydrogen (secondary N) is 2. The van der Waals surface area contributed by atoms with Gasteiger partial charge in [0.1, 0.15) is 12.0 Å². The van der Waals surface area contributed by atoms with Crippen LogP contribution in [0.1, 0.15) is 16.8 Å². The van der Waals surface area contributed by atoms with Crippen LogP contribution in [-0.4, -0.2) is 18.2 Å². The number of aromatic nitrogens is 1. The Kier molecular flexibility index (Phi) is 7.06. The normalized spacial score (nSPS) is 10.8. The molecule has 0 radical (unpaired) electrons. The highest BCUT2D eigenvalue weighted by atomic mass is 127. The first-order valence-corrected chi connectivity index (χ1v) is 6.18. The molecule has 0 fully saturated rings. The summed E-state index contributed by atoms with van der Waals surface area (Å²) in [5.74, 6) is 0.742. The van der Waals surface area contributed by atoms with Gasteiger partial charge in [0.2, 0.25) is 0 Å². The van der Waals surface area contributed by atoms with Gasteiger partial charge < -0.3 is 15.2 Å². The third-order valence-electron chi connectivity index (χ3n) is 2.86. The highest BCUT2D eigenvalue weighted by Crippen LogP contribution is 2.05. The van der Waals surface area contributed by atoms with Gasteiger partial charge in [-0.05, 0) is 18.1 Å². The van der Waals surface area contributed by atoms with E-state index < -0.39 is 0 Å². The predicted molar refractivity (Wildman–Crippen MR) is 90.1 cm³/mol. The maximum Gasteiger partial charge on any atom is 0.191 e. The van der Waals surface area contributed by atoms with Gasteiger partial charge in [-0.2, -0.15) is 0 Å². The molecule has 0 bridgehead atoms. The molecule has 1 heterocycles. The van der Waals surface area contributed by atoms with Gasteiger partial charge in [-0.3, -0.25) is 4.99 Å². The second-order valence-corrected chi connectivity index (χ2v) is 4.20. The Labute approximate surface area is 135 Å². The third-order valence-corrected chi connectivity index (χ3v) is 2.86. The van der Waals surface area contributed by atoms with Crippen LogP contribution in [0.3, 0.4) is 0 Å². The molecule has 0 aliphatic heterocycles. The van der Waals surface area contributed by atoms with Crippen LogP contribution in [0, 0.1) is 6.92 Å². The SMILES string of the molecule is CN=C(NCc1ccon1)NCc1ccccc1C.I. The van der Waals surface area contributed by atoms with Gasteiger partial charge in [0.05, 0.1) is 6.54 Å². The Bertz CT molecular complexity index is 540. The van der Waals surface area contributed by atoms with E-state index >= 15 is 0 Å². The van der Waals surface area contributed by atoms with Gasteiger partial charge in [-0.15, -0.1) is 24.0 Å². The van der Waals surface area contributed by atoms with Gasteiger partial charge in [-0.1, -0.05) is 29.4 Å². The van der Waals surface area contributed by atoms with E-state index in [1.54, 1.807) is 13.3 Å². The topological polar surface area (TPSA) is 62.5 Å². The van der Waals surface area contributed by atoms with Crippen molar-refractivity contribution in [3.05, 3.63) is 53.4 Å². The zero-order chi connectivity index (χ0) is 13.5. The maximum atomic E-state index is 4.78. The molecule has 2 rings (SSSR count). The molecular formula is C14H19IN4O. The Morgan fingerprint density at radius 2 is 1.95 bits per heavy atom. The molecule has 6 heteroatoms. The summed E-state index contributed by atoms with van der Waals surface area (Å²) in [7, 11) is 1.75. The number of halogens is 1. The molecule has 0 atom stereocenters. The van der Waals surface area contributed by atoms with E-state index in [1.807, 2.05) is 18.2 Å². The van der Waals surface area contributed by atoms with Crippen molar-refractivity contribution < 1.29 is 4.52 Å². The lowest BCUT2D eigenvalue weighted by atomic mass is 10.1. The standard InChI is InChI=1S/C14H18N4O.HI/c1-11-5-3-4-6-12(11)9-16-14(15-2)17-10-13-7-8-19-18-13;/h3-8H,9-10H2,1-2H3,(H2,15,16,17);1H. The van der Waals surface area contributed by atoms with Crippen LogP contribution in [0.2, 0.25) is 0 Å². The first-order chi connectivity index (χ1) is 9.29. The summed E-state index contributed by atoms with van der Waals surface area (Å²) in [6.45, 7) is 3.43. The van der Waals surface area contributed by atoms with Crippen LogP contribution < -0.4 is 10.6 Å². The highest BCUT2D eigenvalue weighted by Gasteiger charge is 2.01. The van der Waals surface area contributed by atoms with Crippen LogP contribution in [0.15, 0.2) is 46.1 Å². The Morgan fingerprint density at radius 3 is 2.60 bits per heavy atom. The molecule has 5 nitrogen and oxygen atoms in total. The fourth-order valence-corrected chi connectivity index (χ4v) is 1.71. The highest BCUT2D eigenvalue weighted by molar-refractivity contribution is 14.0. The Morgan fingerprint density at radius 1 is 1.20 bits per heavy atom. The lowest BCUT2D eigenvalue weighted by molar-refractivity contribution is 0.410. The predicted octanol–water partition coefficient (Wildman–Crippen LogP) is 2.47. The van der Waals surface area contributed by atoms with Crippen LogP contribution in [-0.2, 0) is 13.1 Å². The number of hydrogen-bond donors (Lipinski definition) is 2. The molecular weight excluding hydrogens is 367 g/mol. The van der Waals surface area contributed by atoms with Crippen molar-refractivity contribution in [2.75, 3.05) is 7.05 Å². The molecule has 0 amide bonds. The molecule has 0 saturated heterocycles. The second kappa shape index (κ2) is 8.57. The average molecular weight is 386 g/mol. The monoisotopic (exact) mass is 386 g/mol. The molecule has 108 valence electrons. The zero-order valence-electron chi connectivity index (χ0n) is 11.6. The maximum absolute atomic E-state index is 4.78. The number of rotatable bonds is 4. The van der Waals surface area contributed by atoms with Crippen LogP contribution >= 0.6 is 24.0 Å². The minimum Gasteiger partial charge on any atom is -0.364 e. The quantitative estimate of drug-likeness (QED) is 0.482. The van der Waals surface area contributed by atoms with Gasteiger partial charge in [-0.25, -0.2) is 0 Å². The fourth-order valence-electron chi connectivity index (χ4n) is 1.71. The first-order valence-electron chi connectivity index (χ1n) is 6.18. The summed E-state index contributed by atoms with van der Waals surface area (Å²) >= 11 is 0. The van der Waals surface area contributed by atoms with E-state index in [0.717, 1.165) is 18.2 Å². The molecule has 2 N–H and O–H groups in total. The first kappa shape index (κ1) is 16.5. The van der Waals surface area contributed by atoms with Crippen LogP contribution in [0.4, 0.5) is 0 Å². The molecule has 1 aromatic heterocycles. The second-order valence-electron chi connectivity index (χ2n) is 4.20. The van der Waals surface area contributed by atoms with Crippen LogP contribution in [0.5, 0.6) is 0 Å². The van der Waals surface area contributed by atoms with Crippen molar-refractivity contribution in [2.45, 2.75) is 20.0 Å². The zero-order valence-corrected chi connectivity index (χ0v) is 13.9. The molecule has 0 saturated carbocycles. The van der Waals surface area contributed by atoms with E-state index in [0.29, 0.717) is 6.54 Å². The third kappa shape index (κ3) is 4.84. The lowest BCUT2D eigenvalue weighted by Crippen LogP contribution is -2.36. The number of aliphatic imine (C=N–C) groups is 1. The number of guanidine groups is 1. The van der Waals surface area contributed by atoms with Crippen molar-refractivity contribution in [3.63, 3.8) is 0 Å². The molecule has 20 heavy (non-hydrogen) atoms. The molecule has 0 aliphatic rings. The van der Waals surface area contributed by atoms with Crippen molar-refractivity contribution in [1.82, 2.24) is 15.8 Å². The summed E-state index contributed by atoms with van der Waals surface area (Å²) in [6, 6.07) is 10.1. The molecule has 2 aromatic rings. The van der Waals surface area contributed by atoms with Crippen molar-refractivity contribution in [1.29, 1.82) is 0 Å². The summed E-state index contributed by atoms with van der Waals surface area (Å²) in [6.07, 6.45) is 1.56. The molecule has 0 unspecified atom stereocenters. The summed E-state index contributed by atoms with van der Waals surface area (Å²) in [5.41, 5.74) is 3.37. The number of nitrogens with zero attached hydrogens (tertiary/aromatic N) is 2.